The summed E-state index contributed by atoms with van der Waals surface area (Å²) in [6, 6.07) is 44.4. The molecule has 6 aromatic carbocycles. The van der Waals surface area contributed by atoms with Crippen LogP contribution in [0.5, 0.6) is 0 Å². The van der Waals surface area contributed by atoms with Gasteiger partial charge in [-0.05, 0) is 82.4 Å². The predicted molar refractivity (Wildman–Crippen MR) is 188 cm³/mol. The number of anilines is 3. The van der Waals surface area contributed by atoms with Crippen LogP contribution in [0.2, 0.25) is 0 Å². The highest BCUT2D eigenvalue weighted by atomic mass is 32.1. The van der Waals surface area contributed by atoms with Gasteiger partial charge in [0.2, 0.25) is 0 Å². The highest BCUT2D eigenvalue weighted by Gasteiger charge is 2.17. The summed E-state index contributed by atoms with van der Waals surface area (Å²) in [4.78, 5) is 3.36. The number of thiophene rings is 2. The maximum Gasteiger partial charge on any atom is 0.101 e. The Bertz CT molecular complexity index is 2420. The SMILES string of the molecule is [2H]c1c([2H])c([2H])c(-c2ccc(N(c3ccc(-c4ccccc4)cc3)c3ccc(-c4ccc5sc6ccccc6c5c4)s3)cc2)c([2H])c1[2H]. The van der Waals surface area contributed by atoms with E-state index in [-0.39, 0.29) is 29.7 Å². The highest BCUT2D eigenvalue weighted by molar-refractivity contribution is 7.25. The van der Waals surface area contributed by atoms with Crippen molar-refractivity contribution in [3.8, 4) is 32.7 Å². The van der Waals surface area contributed by atoms with Crippen LogP contribution in [0.25, 0.3) is 52.9 Å². The third kappa shape index (κ3) is 4.93. The number of hydrogen-bond acceptors (Lipinski definition) is 3. The Balaban J connectivity index is 1.21. The third-order valence-corrected chi connectivity index (χ3v) is 9.89. The van der Waals surface area contributed by atoms with Crippen molar-refractivity contribution in [2.45, 2.75) is 0 Å². The first-order chi connectivity index (χ1) is 23.4. The molecule has 8 rings (SSSR count). The largest absolute Gasteiger partial charge is 0.302 e. The van der Waals surface area contributed by atoms with E-state index in [9.17, 15) is 0 Å². The molecular formula is C40H27NS2. The number of rotatable bonds is 6. The molecule has 0 aliphatic rings. The normalized spacial score (nSPS) is 12.9. The number of hydrogen-bond donors (Lipinski definition) is 0. The van der Waals surface area contributed by atoms with E-state index < -0.39 is 6.04 Å². The maximum atomic E-state index is 8.46. The van der Waals surface area contributed by atoms with Crippen LogP contribution in [0.3, 0.4) is 0 Å². The van der Waals surface area contributed by atoms with Crippen molar-refractivity contribution < 1.29 is 6.85 Å². The van der Waals surface area contributed by atoms with Crippen LogP contribution in [-0.2, 0) is 0 Å². The van der Waals surface area contributed by atoms with Gasteiger partial charge in [-0.2, -0.15) is 0 Å². The van der Waals surface area contributed by atoms with Crippen molar-refractivity contribution >= 4 is 59.2 Å². The first-order valence-electron chi connectivity index (χ1n) is 16.5. The molecule has 2 aromatic heterocycles. The highest BCUT2D eigenvalue weighted by Crippen LogP contribution is 2.44. The van der Waals surface area contributed by atoms with Crippen molar-refractivity contribution in [1.29, 1.82) is 0 Å². The molecule has 0 spiro atoms. The van der Waals surface area contributed by atoms with Gasteiger partial charge >= 0.3 is 0 Å². The molecule has 0 amide bonds. The van der Waals surface area contributed by atoms with E-state index in [0.717, 1.165) is 32.4 Å². The minimum absolute atomic E-state index is 0.195. The Kier molecular flexibility index (Phi) is 5.35. The van der Waals surface area contributed by atoms with Gasteiger partial charge in [-0.15, -0.1) is 22.7 Å². The summed E-state index contributed by atoms with van der Waals surface area (Å²) in [6.45, 7) is 0. The minimum Gasteiger partial charge on any atom is -0.302 e. The molecule has 43 heavy (non-hydrogen) atoms. The van der Waals surface area contributed by atoms with Crippen LogP contribution < -0.4 is 4.90 Å². The third-order valence-electron chi connectivity index (χ3n) is 7.62. The predicted octanol–water partition coefficient (Wildman–Crippen LogP) is 12.6. The second-order valence-electron chi connectivity index (χ2n) is 10.2. The molecule has 0 atom stereocenters. The molecular weight excluding hydrogens is 559 g/mol. The number of nitrogens with zero attached hydrogens (tertiary/aromatic N) is 1. The fourth-order valence-electron chi connectivity index (χ4n) is 5.49. The zero-order valence-corrected chi connectivity index (χ0v) is 24.6. The Morgan fingerprint density at radius 1 is 0.442 bits per heavy atom. The van der Waals surface area contributed by atoms with Gasteiger partial charge in [0.25, 0.3) is 0 Å². The summed E-state index contributed by atoms with van der Waals surface area (Å²) in [7, 11) is 0. The summed E-state index contributed by atoms with van der Waals surface area (Å²) < 4.78 is 43.7. The van der Waals surface area contributed by atoms with E-state index in [0.29, 0.717) is 5.56 Å². The Morgan fingerprint density at radius 2 is 1.05 bits per heavy atom. The average Bonchev–Trinajstić information content (AvgIpc) is 3.76. The molecule has 0 unspecified atom stereocenters. The maximum absolute atomic E-state index is 8.46. The minimum atomic E-state index is -0.393. The Labute approximate surface area is 266 Å². The molecule has 0 saturated carbocycles. The monoisotopic (exact) mass is 590 g/mol. The molecule has 0 aliphatic carbocycles. The fraction of sp³-hybridized carbons (Fsp3) is 0. The van der Waals surface area contributed by atoms with Gasteiger partial charge in [0, 0.05) is 36.4 Å². The summed E-state index contributed by atoms with van der Waals surface area (Å²) in [5.41, 5.74) is 6.08. The van der Waals surface area contributed by atoms with Crippen molar-refractivity contribution in [2.75, 3.05) is 4.90 Å². The molecule has 204 valence electrons. The lowest BCUT2D eigenvalue weighted by Crippen LogP contribution is -2.08. The van der Waals surface area contributed by atoms with Gasteiger partial charge in [-0.3, -0.25) is 0 Å². The van der Waals surface area contributed by atoms with Gasteiger partial charge in [-0.25, -0.2) is 0 Å². The first-order valence-corrected chi connectivity index (χ1v) is 15.6. The molecule has 0 aliphatic heterocycles. The van der Waals surface area contributed by atoms with Crippen molar-refractivity contribution in [1.82, 2.24) is 0 Å². The van der Waals surface area contributed by atoms with Gasteiger partial charge in [-0.1, -0.05) is 109 Å². The van der Waals surface area contributed by atoms with E-state index >= 15 is 0 Å². The van der Waals surface area contributed by atoms with E-state index in [1.54, 1.807) is 11.3 Å². The summed E-state index contributed by atoms with van der Waals surface area (Å²) in [5, 5.41) is 3.57. The summed E-state index contributed by atoms with van der Waals surface area (Å²) in [5.74, 6) is 0. The van der Waals surface area contributed by atoms with E-state index in [4.69, 9.17) is 6.85 Å². The Hall–Kier alpha value is -4.96. The lowest BCUT2D eigenvalue weighted by molar-refractivity contribution is 1.32. The van der Waals surface area contributed by atoms with Crippen LogP contribution in [-0.4, -0.2) is 0 Å². The van der Waals surface area contributed by atoms with Gasteiger partial charge in [0.15, 0.2) is 0 Å². The van der Waals surface area contributed by atoms with E-state index in [1.165, 1.54) is 25.7 Å². The topological polar surface area (TPSA) is 3.24 Å². The van der Waals surface area contributed by atoms with Crippen LogP contribution in [0.4, 0.5) is 16.4 Å². The molecule has 0 radical (unpaired) electrons. The van der Waals surface area contributed by atoms with Crippen molar-refractivity contribution in [3.05, 3.63) is 164 Å². The van der Waals surface area contributed by atoms with E-state index in [2.05, 4.69) is 95.9 Å². The Morgan fingerprint density at radius 3 is 1.79 bits per heavy atom. The number of benzene rings is 6. The van der Waals surface area contributed by atoms with Gasteiger partial charge in [0.1, 0.15) is 5.00 Å². The number of fused-ring (bicyclic) bond motifs is 3. The van der Waals surface area contributed by atoms with Crippen LogP contribution in [0.15, 0.2) is 164 Å². The summed E-state index contributed by atoms with van der Waals surface area (Å²) >= 11 is 3.53. The average molecular weight is 591 g/mol. The fourth-order valence-corrected chi connectivity index (χ4v) is 7.62. The van der Waals surface area contributed by atoms with Gasteiger partial charge < -0.3 is 4.90 Å². The lowest BCUT2D eigenvalue weighted by atomic mass is 10.0. The standard InChI is InChI=1S/C40H27NS2/c1-3-9-28(10-4-1)30-15-20-33(21-16-30)41(34-22-17-31(18-23-34)29-11-5-2-6-12-29)40-26-25-37(43-40)32-19-24-39-36(27-32)35-13-7-8-14-38(35)42-39/h1-27H/i1D,3D,4D,9D,10D. The van der Waals surface area contributed by atoms with Crippen molar-refractivity contribution in [3.63, 3.8) is 0 Å². The molecule has 8 aromatic rings. The smallest absolute Gasteiger partial charge is 0.101 e. The van der Waals surface area contributed by atoms with Crippen LogP contribution in [0, 0.1) is 0 Å². The molecule has 0 saturated heterocycles. The quantitative estimate of drug-likeness (QED) is 0.186. The second-order valence-corrected chi connectivity index (χ2v) is 12.4. The van der Waals surface area contributed by atoms with Crippen LogP contribution in [0.1, 0.15) is 6.85 Å². The van der Waals surface area contributed by atoms with Gasteiger partial charge in [0.05, 0.1) is 6.85 Å². The first kappa shape index (κ1) is 20.8. The zero-order valence-electron chi connectivity index (χ0n) is 28.0. The lowest BCUT2D eigenvalue weighted by Gasteiger charge is -2.24. The molecule has 0 fully saturated rings. The van der Waals surface area contributed by atoms with Crippen molar-refractivity contribution in [2.24, 2.45) is 0 Å². The molecule has 3 heteroatoms. The van der Waals surface area contributed by atoms with E-state index in [1.807, 2.05) is 53.8 Å². The molecule has 0 N–H and O–H groups in total. The second kappa shape index (κ2) is 11.0. The zero-order chi connectivity index (χ0) is 32.9. The van der Waals surface area contributed by atoms with Crippen LogP contribution >= 0.6 is 22.7 Å². The summed E-state index contributed by atoms with van der Waals surface area (Å²) in [6.07, 6.45) is 0. The molecule has 1 nitrogen and oxygen atoms in total. The molecule has 2 heterocycles. The molecule has 0 bridgehead atoms.